The Morgan fingerprint density at radius 1 is 0.579 bits per heavy atom. The van der Waals surface area contributed by atoms with E-state index in [4.69, 9.17) is 9.47 Å². The van der Waals surface area contributed by atoms with E-state index in [0.29, 0.717) is 6.54 Å². The van der Waals surface area contributed by atoms with E-state index in [-0.39, 0.29) is 0 Å². The van der Waals surface area contributed by atoms with Crippen molar-refractivity contribution >= 4 is 0 Å². The summed E-state index contributed by atoms with van der Waals surface area (Å²) in [5, 5.41) is 30.8. The molecule has 4 saturated heterocycles. The Labute approximate surface area is 233 Å². The second kappa shape index (κ2) is 16.9. The second-order valence-electron chi connectivity index (χ2n) is 13.0. The molecule has 0 amide bonds. The van der Waals surface area contributed by atoms with Crippen LogP contribution in [-0.4, -0.2) is 114 Å². The molecule has 0 aromatic carbocycles. The first kappa shape index (κ1) is 32.2. The minimum Gasteiger partial charge on any atom is -0.387 e. The van der Waals surface area contributed by atoms with Crippen molar-refractivity contribution in [3.8, 4) is 0 Å². The summed E-state index contributed by atoms with van der Waals surface area (Å²) in [6.45, 7) is 11.3. The highest BCUT2D eigenvalue weighted by atomic mass is 16.7. The molecule has 4 fully saturated rings. The average Bonchev–Trinajstić information content (AvgIpc) is 2.94. The molecule has 0 unspecified atom stereocenters. The van der Waals surface area contributed by atoms with Crippen LogP contribution in [0.15, 0.2) is 0 Å². The molecule has 7 heteroatoms. The lowest BCUT2D eigenvalue weighted by Crippen LogP contribution is -2.77. The molecule has 2 bridgehead atoms. The largest absolute Gasteiger partial charge is 0.387 e. The van der Waals surface area contributed by atoms with Gasteiger partial charge in [0.1, 0.15) is 70.2 Å². The van der Waals surface area contributed by atoms with Gasteiger partial charge in [0.05, 0.1) is 6.54 Å². The molecule has 7 nitrogen and oxygen atoms in total. The number of unbranched alkanes of at least 4 members (excludes halogenated alkanes) is 15. The maximum atomic E-state index is 10.5. The molecule has 4 aliphatic rings. The van der Waals surface area contributed by atoms with Crippen molar-refractivity contribution in [1.82, 2.24) is 0 Å². The molecule has 38 heavy (non-hydrogen) atoms. The third-order valence-electron chi connectivity index (χ3n) is 10.1. The van der Waals surface area contributed by atoms with Crippen LogP contribution in [0.3, 0.4) is 0 Å². The molecule has 0 spiro atoms. The molecule has 3 N–H and O–H groups in total. The third-order valence-corrected chi connectivity index (χ3v) is 10.1. The SMILES string of the molecule is CCCCCCCCCCCCCCCCCC[N+]12CC[N+](C[C@H]3O[C@H](OC)[C@H](O)[C@@H](O)[C@@H]3O)(CC1)CC2. The lowest BCUT2D eigenvalue weighted by atomic mass is 9.96. The van der Waals surface area contributed by atoms with E-state index in [9.17, 15) is 15.3 Å². The van der Waals surface area contributed by atoms with Crippen LogP contribution in [0.4, 0.5) is 0 Å². The molecule has 0 saturated carbocycles. The monoisotopic (exact) mass is 542 g/mol. The zero-order valence-corrected chi connectivity index (χ0v) is 24.9. The standard InChI is InChI=1S/C31H62N2O5/c1-3-4-5-6-7-8-9-10-11-12-13-14-15-16-17-18-19-32-20-23-33(24-21-32,25-22-32)26-27-28(34)29(35)30(36)31(37-2)38-27/h27-31,34-36H,3-26H2,1-2H3/q+2/t27-,28-,29+,30-,31+,32?,33?/m1/s1. The molecule has 4 heterocycles. The van der Waals surface area contributed by atoms with Gasteiger partial charge in [-0.25, -0.2) is 0 Å². The van der Waals surface area contributed by atoms with Crippen LogP contribution in [0.5, 0.6) is 0 Å². The number of hydrogen-bond acceptors (Lipinski definition) is 5. The Morgan fingerprint density at radius 3 is 1.45 bits per heavy atom. The summed E-state index contributed by atoms with van der Waals surface area (Å²) in [4.78, 5) is 0. The Balaban J connectivity index is 1.19. The number of quaternary nitrogens is 2. The summed E-state index contributed by atoms with van der Waals surface area (Å²) in [5.74, 6) is 0. The summed E-state index contributed by atoms with van der Waals surface area (Å²) in [6.07, 6.45) is 17.8. The first-order valence-corrected chi connectivity index (χ1v) is 16.4. The van der Waals surface area contributed by atoms with Crippen LogP contribution >= 0.6 is 0 Å². The highest BCUT2D eigenvalue weighted by Crippen LogP contribution is 2.31. The van der Waals surface area contributed by atoms with Crippen molar-refractivity contribution in [3.05, 3.63) is 0 Å². The minimum absolute atomic E-state index is 0.503. The smallest absolute Gasteiger partial charge is 0.186 e. The zero-order valence-electron chi connectivity index (χ0n) is 24.9. The molecular formula is C31H62N2O5+2. The van der Waals surface area contributed by atoms with Gasteiger partial charge in [-0.05, 0) is 12.8 Å². The number of aliphatic hydroxyl groups is 3. The first-order valence-electron chi connectivity index (χ1n) is 16.4. The van der Waals surface area contributed by atoms with E-state index in [1.54, 1.807) is 0 Å². The quantitative estimate of drug-likeness (QED) is 0.157. The summed E-state index contributed by atoms with van der Waals surface area (Å²) < 4.78 is 13.3. The number of rotatable bonds is 20. The van der Waals surface area contributed by atoms with E-state index < -0.39 is 30.7 Å². The Hall–Kier alpha value is -0.280. The van der Waals surface area contributed by atoms with E-state index in [0.717, 1.165) is 24.1 Å². The fourth-order valence-corrected chi connectivity index (χ4v) is 7.19. The van der Waals surface area contributed by atoms with Crippen LogP contribution in [0.25, 0.3) is 0 Å². The van der Waals surface area contributed by atoms with Crippen LogP contribution < -0.4 is 0 Å². The fraction of sp³-hybridized carbons (Fsp3) is 1.00. The van der Waals surface area contributed by atoms with E-state index >= 15 is 0 Å². The molecule has 0 aromatic heterocycles. The number of hydrogen-bond donors (Lipinski definition) is 3. The number of piperazine rings is 3. The maximum Gasteiger partial charge on any atom is 0.186 e. The summed E-state index contributed by atoms with van der Waals surface area (Å²) in [7, 11) is 1.47. The molecule has 224 valence electrons. The van der Waals surface area contributed by atoms with Crippen molar-refractivity contribution in [3.63, 3.8) is 0 Å². The van der Waals surface area contributed by atoms with E-state index in [1.807, 2.05) is 0 Å². The lowest BCUT2D eigenvalue weighted by Gasteiger charge is -2.57. The fourth-order valence-electron chi connectivity index (χ4n) is 7.19. The van der Waals surface area contributed by atoms with Gasteiger partial charge in [-0.2, -0.15) is 0 Å². The number of ether oxygens (including phenoxy) is 2. The number of fused-ring (bicyclic) bond motifs is 3. The van der Waals surface area contributed by atoms with Crippen LogP contribution in [0.1, 0.15) is 110 Å². The van der Waals surface area contributed by atoms with Gasteiger partial charge < -0.3 is 33.8 Å². The maximum absolute atomic E-state index is 10.5. The van der Waals surface area contributed by atoms with Gasteiger partial charge in [-0.15, -0.1) is 0 Å². The summed E-state index contributed by atoms with van der Waals surface area (Å²) in [5.41, 5.74) is 0. The normalized spacial score (nSPS) is 35.1. The molecule has 5 atom stereocenters. The Kier molecular flexibility index (Phi) is 14.3. The first-order chi connectivity index (χ1) is 18.4. The minimum atomic E-state index is -1.23. The molecule has 4 aliphatic heterocycles. The van der Waals surface area contributed by atoms with Crippen molar-refractivity contribution < 1.29 is 33.8 Å². The highest BCUT2D eigenvalue weighted by molar-refractivity contribution is 4.89. The summed E-state index contributed by atoms with van der Waals surface area (Å²) >= 11 is 0. The van der Waals surface area contributed by atoms with Gasteiger partial charge in [0.2, 0.25) is 0 Å². The Morgan fingerprint density at radius 2 is 1.00 bits per heavy atom. The van der Waals surface area contributed by atoms with Gasteiger partial charge >= 0.3 is 0 Å². The number of aliphatic hydroxyl groups excluding tert-OH is 3. The van der Waals surface area contributed by atoms with E-state index in [1.165, 1.54) is 141 Å². The van der Waals surface area contributed by atoms with Gasteiger partial charge in [-0.3, -0.25) is 0 Å². The number of nitrogens with zero attached hydrogens (tertiary/aromatic N) is 2. The van der Waals surface area contributed by atoms with Gasteiger partial charge in [0.15, 0.2) is 6.29 Å². The zero-order chi connectivity index (χ0) is 27.3. The highest BCUT2D eigenvalue weighted by Gasteiger charge is 2.53. The second-order valence-corrected chi connectivity index (χ2v) is 13.0. The Bertz CT molecular complexity index is 609. The van der Waals surface area contributed by atoms with Crippen molar-refractivity contribution in [1.29, 1.82) is 0 Å². The molecule has 0 aliphatic carbocycles. The molecule has 0 radical (unpaired) electrons. The average molecular weight is 543 g/mol. The van der Waals surface area contributed by atoms with Crippen LogP contribution in [0.2, 0.25) is 0 Å². The lowest BCUT2D eigenvalue weighted by molar-refractivity contribution is -1.08. The summed E-state index contributed by atoms with van der Waals surface area (Å²) in [6, 6.07) is 0. The third kappa shape index (κ3) is 9.67. The van der Waals surface area contributed by atoms with Crippen molar-refractivity contribution in [2.75, 3.05) is 59.5 Å². The van der Waals surface area contributed by atoms with Crippen molar-refractivity contribution in [2.24, 2.45) is 0 Å². The number of methoxy groups -OCH3 is 1. The van der Waals surface area contributed by atoms with E-state index in [2.05, 4.69) is 6.92 Å². The van der Waals surface area contributed by atoms with Gasteiger partial charge in [-0.1, -0.05) is 96.8 Å². The van der Waals surface area contributed by atoms with Gasteiger partial charge in [0.25, 0.3) is 0 Å². The molecular weight excluding hydrogens is 480 g/mol. The topological polar surface area (TPSA) is 79.2 Å². The molecule has 4 rings (SSSR count). The van der Waals surface area contributed by atoms with Gasteiger partial charge in [0, 0.05) is 7.11 Å². The predicted octanol–water partition coefficient (Wildman–Crippen LogP) is 4.36. The van der Waals surface area contributed by atoms with Crippen LogP contribution in [-0.2, 0) is 9.47 Å². The van der Waals surface area contributed by atoms with Crippen molar-refractivity contribution in [2.45, 2.75) is 140 Å². The molecule has 0 aromatic rings. The predicted molar refractivity (Wildman–Crippen MR) is 153 cm³/mol. The van der Waals surface area contributed by atoms with Crippen LogP contribution in [0, 0.1) is 0 Å².